The molecule has 1 atom stereocenters. The predicted octanol–water partition coefficient (Wildman–Crippen LogP) is 3.26. The zero-order valence-corrected chi connectivity index (χ0v) is 11.7. The highest BCUT2D eigenvalue weighted by Gasteiger charge is 2.17. The van der Waals surface area contributed by atoms with Crippen molar-refractivity contribution in [3.05, 3.63) is 23.8 Å². The minimum atomic E-state index is 0.348. The van der Waals surface area contributed by atoms with Crippen molar-refractivity contribution in [3.8, 4) is 0 Å². The van der Waals surface area contributed by atoms with Crippen molar-refractivity contribution in [2.75, 3.05) is 6.54 Å². The summed E-state index contributed by atoms with van der Waals surface area (Å²) in [5, 5.41) is 3.51. The third kappa shape index (κ3) is 5.26. The Bertz CT molecular complexity index is 342. The maximum absolute atomic E-state index is 4.52. The maximum atomic E-state index is 4.52. The Morgan fingerprint density at radius 3 is 2.59 bits per heavy atom. The summed E-state index contributed by atoms with van der Waals surface area (Å²) < 4.78 is 0. The molecule has 1 aromatic rings. The average molecular weight is 235 g/mol. The summed E-state index contributed by atoms with van der Waals surface area (Å²) >= 11 is 0. The minimum absolute atomic E-state index is 0.348. The van der Waals surface area contributed by atoms with E-state index in [1.54, 1.807) is 0 Å². The van der Waals surface area contributed by atoms with E-state index in [1.165, 1.54) is 6.42 Å². The van der Waals surface area contributed by atoms with Crippen LogP contribution in [0.15, 0.2) is 12.3 Å². The third-order valence-electron chi connectivity index (χ3n) is 2.79. The van der Waals surface area contributed by atoms with E-state index in [-0.39, 0.29) is 0 Å². The highest BCUT2D eigenvalue weighted by atomic mass is 15.0. The lowest BCUT2D eigenvalue weighted by atomic mass is 9.88. The Balaban J connectivity index is 2.71. The van der Waals surface area contributed by atoms with Crippen LogP contribution in [0.3, 0.4) is 0 Å². The summed E-state index contributed by atoms with van der Waals surface area (Å²) in [7, 11) is 0. The molecule has 1 N–H and O–H groups in total. The van der Waals surface area contributed by atoms with Gasteiger partial charge in [-0.2, -0.15) is 0 Å². The molecule has 1 heterocycles. The summed E-state index contributed by atoms with van der Waals surface area (Å²) in [6, 6.07) is 2.36. The smallest absolute Gasteiger partial charge is 0.125 e. The van der Waals surface area contributed by atoms with Crippen LogP contribution in [0.5, 0.6) is 0 Å². The maximum Gasteiger partial charge on any atom is 0.125 e. The molecule has 1 rings (SSSR count). The van der Waals surface area contributed by atoms with Gasteiger partial charge in [-0.1, -0.05) is 27.7 Å². The molecule has 0 aliphatic heterocycles. The van der Waals surface area contributed by atoms with Crippen molar-refractivity contribution in [1.29, 1.82) is 0 Å². The van der Waals surface area contributed by atoms with E-state index in [0.29, 0.717) is 11.5 Å². The lowest BCUT2D eigenvalue weighted by Crippen LogP contribution is -2.23. The van der Waals surface area contributed by atoms with Crippen LogP contribution >= 0.6 is 0 Å². The second-order valence-corrected chi connectivity index (χ2v) is 5.74. The van der Waals surface area contributed by atoms with Crippen LogP contribution in [-0.4, -0.2) is 16.5 Å². The third-order valence-corrected chi connectivity index (χ3v) is 2.79. The molecule has 1 aromatic heterocycles. The highest BCUT2D eigenvalue weighted by molar-refractivity contribution is 5.07. The normalized spacial score (nSPS) is 13.7. The lowest BCUT2D eigenvalue weighted by Gasteiger charge is -2.23. The van der Waals surface area contributed by atoms with Crippen LogP contribution in [0.4, 0.5) is 0 Å². The fourth-order valence-electron chi connectivity index (χ4n) is 1.85. The lowest BCUT2D eigenvalue weighted by molar-refractivity contribution is 0.331. The fraction of sp³-hybridized carbons (Fsp3) is 0.714. The van der Waals surface area contributed by atoms with Gasteiger partial charge in [0.2, 0.25) is 0 Å². The molecular weight excluding hydrogens is 210 g/mol. The number of aryl methyl sites for hydroxylation is 1. The van der Waals surface area contributed by atoms with Crippen LogP contribution in [0, 0.1) is 12.3 Å². The molecule has 0 aliphatic rings. The summed E-state index contributed by atoms with van der Waals surface area (Å²) in [4.78, 5) is 8.67. The zero-order valence-electron chi connectivity index (χ0n) is 11.7. The summed E-state index contributed by atoms with van der Waals surface area (Å²) in [6.45, 7) is 11.9. The Morgan fingerprint density at radius 2 is 2.06 bits per heavy atom. The molecule has 0 bridgehead atoms. The van der Waals surface area contributed by atoms with Gasteiger partial charge in [0.1, 0.15) is 5.82 Å². The molecule has 0 aromatic carbocycles. The first kappa shape index (κ1) is 14.1. The van der Waals surface area contributed by atoms with Crippen molar-refractivity contribution >= 4 is 0 Å². The van der Waals surface area contributed by atoms with Crippen LogP contribution < -0.4 is 5.32 Å². The Kier molecular flexibility index (Phi) is 5.06. The first-order chi connectivity index (χ1) is 7.92. The van der Waals surface area contributed by atoms with E-state index < -0.39 is 0 Å². The predicted molar refractivity (Wildman–Crippen MR) is 71.9 cm³/mol. The quantitative estimate of drug-likeness (QED) is 0.851. The number of nitrogens with one attached hydrogen (secondary N) is 1. The van der Waals surface area contributed by atoms with Crippen LogP contribution in [0.1, 0.15) is 58.1 Å². The molecule has 0 fully saturated rings. The molecular formula is C14H25N3. The van der Waals surface area contributed by atoms with Gasteiger partial charge in [-0.25, -0.2) is 9.97 Å². The molecule has 0 radical (unpaired) electrons. The van der Waals surface area contributed by atoms with E-state index in [9.17, 15) is 0 Å². The van der Waals surface area contributed by atoms with Crippen molar-refractivity contribution in [3.63, 3.8) is 0 Å². The van der Waals surface area contributed by atoms with Gasteiger partial charge >= 0.3 is 0 Å². The Labute approximate surface area is 105 Å². The Morgan fingerprint density at radius 1 is 1.35 bits per heavy atom. The first-order valence-corrected chi connectivity index (χ1v) is 6.45. The topological polar surface area (TPSA) is 37.8 Å². The van der Waals surface area contributed by atoms with Crippen molar-refractivity contribution in [2.45, 2.75) is 53.5 Å². The van der Waals surface area contributed by atoms with E-state index in [4.69, 9.17) is 0 Å². The molecule has 3 nitrogen and oxygen atoms in total. The van der Waals surface area contributed by atoms with Gasteiger partial charge in [0.25, 0.3) is 0 Å². The summed E-state index contributed by atoms with van der Waals surface area (Å²) in [5.41, 5.74) is 1.49. The van der Waals surface area contributed by atoms with Gasteiger partial charge < -0.3 is 5.32 Å². The van der Waals surface area contributed by atoms with Crippen molar-refractivity contribution < 1.29 is 0 Å². The molecule has 1 unspecified atom stereocenters. The molecule has 17 heavy (non-hydrogen) atoms. The second-order valence-electron chi connectivity index (χ2n) is 5.74. The number of nitrogens with zero attached hydrogens (tertiary/aromatic N) is 2. The molecule has 0 amide bonds. The highest BCUT2D eigenvalue weighted by Crippen LogP contribution is 2.26. The van der Waals surface area contributed by atoms with Gasteiger partial charge in [-0.3, -0.25) is 0 Å². The van der Waals surface area contributed by atoms with Gasteiger partial charge in [-0.05, 0) is 37.8 Å². The zero-order chi connectivity index (χ0) is 12.9. The van der Waals surface area contributed by atoms with Crippen molar-refractivity contribution in [1.82, 2.24) is 15.3 Å². The molecule has 0 aliphatic carbocycles. The second kappa shape index (κ2) is 6.10. The SMILES string of the molecule is CCNC(CCC(C)(C)C)c1ccnc(C)n1. The molecule has 3 heteroatoms. The van der Waals surface area contributed by atoms with E-state index in [2.05, 4.69) is 43.0 Å². The molecule has 0 saturated heterocycles. The van der Waals surface area contributed by atoms with Crippen LogP contribution in [0.2, 0.25) is 0 Å². The number of hydrogen-bond acceptors (Lipinski definition) is 3. The molecule has 96 valence electrons. The van der Waals surface area contributed by atoms with Crippen LogP contribution in [-0.2, 0) is 0 Å². The number of rotatable bonds is 5. The van der Waals surface area contributed by atoms with Gasteiger partial charge in [-0.15, -0.1) is 0 Å². The largest absolute Gasteiger partial charge is 0.309 e. The van der Waals surface area contributed by atoms with Crippen molar-refractivity contribution in [2.24, 2.45) is 5.41 Å². The number of aromatic nitrogens is 2. The van der Waals surface area contributed by atoms with Gasteiger partial charge in [0.15, 0.2) is 0 Å². The molecule has 0 saturated carbocycles. The fourth-order valence-corrected chi connectivity index (χ4v) is 1.85. The average Bonchev–Trinajstić information content (AvgIpc) is 2.23. The summed E-state index contributed by atoms with van der Waals surface area (Å²) in [5.74, 6) is 0.848. The molecule has 0 spiro atoms. The van der Waals surface area contributed by atoms with E-state index in [0.717, 1.165) is 24.5 Å². The van der Waals surface area contributed by atoms with Gasteiger partial charge in [0.05, 0.1) is 5.69 Å². The van der Waals surface area contributed by atoms with Crippen LogP contribution in [0.25, 0.3) is 0 Å². The summed E-state index contributed by atoms with van der Waals surface area (Å²) in [6.07, 6.45) is 4.15. The van der Waals surface area contributed by atoms with Gasteiger partial charge in [0, 0.05) is 12.2 Å². The number of hydrogen-bond donors (Lipinski definition) is 1. The van der Waals surface area contributed by atoms with E-state index in [1.807, 2.05) is 19.2 Å². The van der Waals surface area contributed by atoms with E-state index >= 15 is 0 Å². The monoisotopic (exact) mass is 235 g/mol. The first-order valence-electron chi connectivity index (χ1n) is 6.45. The standard InChI is InChI=1S/C14H25N3/c1-6-15-12(7-9-14(3,4)5)13-8-10-16-11(2)17-13/h8,10,12,15H,6-7,9H2,1-5H3. The minimum Gasteiger partial charge on any atom is -0.309 e. The Hall–Kier alpha value is -0.960.